The summed E-state index contributed by atoms with van der Waals surface area (Å²) in [6.07, 6.45) is 1.86. The quantitative estimate of drug-likeness (QED) is 0.800. The Kier molecular flexibility index (Phi) is 6.03. The Morgan fingerprint density at radius 3 is 2.52 bits per heavy atom. The van der Waals surface area contributed by atoms with E-state index in [-0.39, 0.29) is 0 Å². The molecule has 1 aromatic carbocycles. The molecule has 1 heterocycles. The summed E-state index contributed by atoms with van der Waals surface area (Å²) in [6.45, 7) is 10.2. The van der Waals surface area contributed by atoms with Crippen LogP contribution in [0, 0.1) is 0 Å². The van der Waals surface area contributed by atoms with E-state index in [1.165, 1.54) is 11.1 Å². The fourth-order valence-corrected chi connectivity index (χ4v) is 2.27. The Morgan fingerprint density at radius 2 is 1.86 bits per heavy atom. The maximum atomic E-state index is 5.69. The van der Waals surface area contributed by atoms with Gasteiger partial charge in [0.1, 0.15) is 5.76 Å². The van der Waals surface area contributed by atoms with Crippen LogP contribution >= 0.6 is 0 Å². The number of rotatable bonds is 8. The molecule has 1 aromatic heterocycles. The van der Waals surface area contributed by atoms with Crippen molar-refractivity contribution in [3.63, 3.8) is 0 Å². The van der Waals surface area contributed by atoms with Gasteiger partial charge in [-0.05, 0) is 18.2 Å². The van der Waals surface area contributed by atoms with Crippen molar-refractivity contribution in [1.29, 1.82) is 0 Å². The molecule has 0 fully saturated rings. The van der Waals surface area contributed by atoms with Crippen molar-refractivity contribution in [3.8, 4) is 0 Å². The van der Waals surface area contributed by atoms with Gasteiger partial charge in [0.25, 0.3) is 0 Å². The first-order valence-corrected chi connectivity index (χ1v) is 7.73. The number of benzene rings is 1. The third kappa shape index (κ3) is 5.37. The first-order chi connectivity index (χ1) is 10.2. The van der Waals surface area contributed by atoms with E-state index in [0.29, 0.717) is 6.04 Å². The molecule has 0 saturated carbocycles. The summed E-state index contributed by atoms with van der Waals surface area (Å²) in [6, 6.07) is 13.2. The van der Waals surface area contributed by atoms with Gasteiger partial charge in [-0.3, -0.25) is 4.90 Å². The molecule has 0 saturated heterocycles. The first-order valence-electron chi connectivity index (χ1n) is 7.73. The Labute approximate surface area is 128 Å². The summed E-state index contributed by atoms with van der Waals surface area (Å²) >= 11 is 0. The number of nitrogens with zero attached hydrogens (tertiary/aromatic N) is 1. The lowest BCUT2D eigenvalue weighted by Gasteiger charge is -2.19. The van der Waals surface area contributed by atoms with Gasteiger partial charge in [0, 0.05) is 24.7 Å². The number of hydrogen-bond donors (Lipinski definition) is 1. The van der Waals surface area contributed by atoms with Gasteiger partial charge in [-0.2, -0.15) is 0 Å². The predicted molar refractivity (Wildman–Crippen MR) is 86.9 cm³/mol. The SMILES string of the molecule is CCN(Cc1ccccc1)Cc1cc(CNC(C)C)co1. The molecule has 0 unspecified atom stereocenters. The highest BCUT2D eigenvalue weighted by atomic mass is 16.3. The summed E-state index contributed by atoms with van der Waals surface area (Å²) < 4.78 is 5.69. The standard InChI is InChI=1S/C18H26N2O/c1-4-20(12-16-8-6-5-7-9-16)13-18-10-17(14-21-18)11-19-15(2)3/h5-10,14-15,19H,4,11-13H2,1-3H3. The zero-order valence-electron chi connectivity index (χ0n) is 13.3. The van der Waals surface area contributed by atoms with Gasteiger partial charge in [-0.1, -0.05) is 51.1 Å². The molecular weight excluding hydrogens is 260 g/mol. The molecule has 0 radical (unpaired) electrons. The van der Waals surface area contributed by atoms with Crippen molar-refractivity contribution >= 4 is 0 Å². The summed E-state index contributed by atoms with van der Waals surface area (Å²) in [5.74, 6) is 1.04. The van der Waals surface area contributed by atoms with Gasteiger partial charge < -0.3 is 9.73 Å². The van der Waals surface area contributed by atoms with Gasteiger partial charge >= 0.3 is 0 Å². The highest BCUT2D eigenvalue weighted by Crippen LogP contribution is 2.13. The molecule has 3 nitrogen and oxygen atoms in total. The first kappa shape index (κ1) is 15.8. The summed E-state index contributed by atoms with van der Waals surface area (Å²) in [4.78, 5) is 2.38. The fourth-order valence-electron chi connectivity index (χ4n) is 2.27. The van der Waals surface area contributed by atoms with Gasteiger partial charge in [0.05, 0.1) is 12.8 Å². The Morgan fingerprint density at radius 1 is 1.10 bits per heavy atom. The fraction of sp³-hybridized carbons (Fsp3) is 0.444. The van der Waals surface area contributed by atoms with Crippen molar-refractivity contribution in [3.05, 3.63) is 59.5 Å². The van der Waals surface area contributed by atoms with E-state index in [9.17, 15) is 0 Å². The molecule has 0 amide bonds. The number of furan rings is 1. The maximum Gasteiger partial charge on any atom is 0.118 e. The van der Waals surface area contributed by atoms with Gasteiger partial charge in [0.15, 0.2) is 0 Å². The summed E-state index contributed by atoms with van der Waals surface area (Å²) in [5, 5.41) is 3.41. The van der Waals surface area contributed by atoms with E-state index in [4.69, 9.17) is 4.42 Å². The largest absolute Gasteiger partial charge is 0.468 e. The van der Waals surface area contributed by atoms with Crippen LogP contribution in [0.1, 0.15) is 37.7 Å². The molecule has 2 rings (SSSR count). The zero-order chi connectivity index (χ0) is 15.1. The highest BCUT2D eigenvalue weighted by molar-refractivity contribution is 5.15. The van der Waals surface area contributed by atoms with Gasteiger partial charge in [-0.15, -0.1) is 0 Å². The van der Waals surface area contributed by atoms with Crippen molar-refractivity contribution in [2.75, 3.05) is 6.54 Å². The second kappa shape index (κ2) is 8.01. The topological polar surface area (TPSA) is 28.4 Å². The van der Waals surface area contributed by atoms with Crippen LogP contribution in [0.2, 0.25) is 0 Å². The third-order valence-corrected chi connectivity index (χ3v) is 3.50. The average Bonchev–Trinajstić information content (AvgIpc) is 2.93. The van der Waals surface area contributed by atoms with Gasteiger partial charge in [0.2, 0.25) is 0 Å². The lowest BCUT2D eigenvalue weighted by Crippen LogP contribution is -2.22. The van der Waals surface area contributed by atoms with E-state index in [0.717, 1.165) is 31.9 Å². The second-order valence-corrected chi connectivity index (χ2v) is 5.75. The lowest BCUT2D eigenvalue weighted by atomic mass is 10.2. The number of hydrogen-bond acceptors (Lipinski definition) is 3. The van der Waals surface area contributed by atoms with Crippen LogP contribution < -0.4 is 5.32 Å². The van der Waals surface area contributed by atoms with Crippen LogP contribution in [0.5, 0.6) is 0 Å². The summed E-state index contributed by atoms with van der Waals surface area (Å²) in [5.41, 5.74) is 2.56. The monoisotopic (exact) mass is 286 g/mol. The molecule has 0 spiro atoms. The molecule has 0 bridgehead atoms. The van der Waals surface area contributed by atoms with Crippen molar-refractivity contribution < 1.29 is 4.42 Å². The molecule has 0 atom stereocenters. The highest BCUT2D eigenvalue weighted by Gasteiger charge is 2.08. The molecule has 2 aromatic rings. The van der Waals surface area contributed by atoms with Crippen molar-refractivity contribution in [1.82, 2.24) is 10.2 Å². The van der Waals surface area contributed by atoms with Crippen LogP contribution in [-0.4, -0.2) is 17.5 Å². The van der Waals surface area contributed by atoms with Crippen LogP contribution in [0.4, 0.5) is 0 Å². The zero-order valence-corrected chi connectivity index (χ0v) is 13.3. The minimum absolute atomic E-state index is 0.494. The summed E-state index contributed by atoms with van der Waals surface area (Å²) in [7, 11) is 0. The van der Waals surface area contributed by atoms with E-state index in [1.807, 2.05) is 6.26 Å². The van der Waals surface area contributed by atoms with Crippen molar-refractivity contribution in [2.45, 2.75) is 46.4 Å². The predicted octanol–water partition coefficient (Wildman–Crippen LogP) is 3.80. The van der Waals surface area contributed by atoms with Gasteiger partial charge in [-0.25, -0.2) is 0 Å². The lowest BCUT2D eigenvalue weighted by molar-refractivity contribution is 0.248. The molecular formula is C18H26N2O. The smallest absolute Gasteiger partial charge is 0.118 e. The minimum atomic E-state index is 0.494. The molecule has 21 heavy (non-hydrogen) atoms. The molecule has 0 aliphatic carbocycles. The van der Waals surface area contributed by atoms with Crippen LogP contribution in [0.25, 0.3) is 0 Å². The number of nitrogens with one attached hydrogen (secondary N) is 1. The Bertz CT molecular complexity index is 519. The van der Waals surface area contributed by atoms with Crippen LogP contribution in [-0.2, 0) is 19.6 Å². The molecule has 3 heteroatoms. The van der Waals surface area contributed by atoms with E-state index >= 15 is 0 Å². The molecule has 1 N–H and O–H groups in total. The molecule has 0 aliphatic heterocycles. The normalized spacial score (nSPS) is 11.5. The third-order valence-electron chi connectivity index (χ3n) is 3.50. The molecule has 0 aliphatic rings. The van der Waals surface area contributed by atoms with E-state index < -0.39 is 0 Å². The van der Waals surface area contributed by atoms with Crippen LogP contribution in [0.3, 0.4) is 0 Å². The van der Waals surface area contributed by atoms with E-state index in [1.54, 1.807) is 0 Å². The second-order valence-electron chi connectivity index (χ2n) is 5.75. The molecule has 114 valence electrons. The van der Waals surface area contributed by atoms with E-state index in [2.05, 4.69) is 67.4 Å². The average molecular weight is 286 g/mol. The Balaban J connectivity index is 1.89. The maximum absolute atomic E-state index is 5.69. The van der Waals surface area contributed by atoms with Crippen molar-refractivity contribution in [2.24, 2.45) is 0 Å². The Hall–Kier alpha value is -1.58. The van der Waals surface area contributed by atoms with Crippen LogP contribution in [0.15, 0.2) is 47.1 Å². The minimum Gasteiger partial charge on any atom is -0.468 e.